The molecule has 3 rings (SSSR count). The highest BCUT2D eigenvalue weighted by Crippen LogP contribution is 2.38. The van der Waals surface area contributed by atoms with E-state index in [1.807, 2.05) is 0 Å². The van der Waals surface area contributed by atoms with Crippen molar-refractivity contribution < 1.29 is 9.90 Å². The predicted octanol–water partition coefficient (Wildman–Crippen LogP) is 1.30. The second-order valence-corrected chi connectivity index (χ2v) is 4.39. The molecule has 0 bridgehead atoms. The van der Waals surface area contributed by atoms with Gasteiger partial charge in [0.15, 0.2) is 5.69 Å². The van der Waals surface area contributed by atoms with Crippen LogP contribution in [0.1, 0.15) is 35.1 Å². The van der Waals surface area contributed by atoms with Crippen LogP contribution in [-0.4, -0.2) is 30.2 Å². The molecule has 1 aliphatic carbocycles. The number of hydrogen-bond acceptors (Lipinski definition) is 5. The first-order valence-electron chi connectivity index (χ1n) is 4.87. The Morgan fingerprint density at radius 3 is 3.00 bits per heavy atom. The third-order valence-electron chi connectivity index (χ3n) is 2.38. The zero-order valence-corrected chi connectivity index (χ0v) is 9.02. The Kier molecular flexibility index (Phi) is 2.00. The van der Waals surface area contributed by atoms with Crippen molar-refractivity contribution in [1.29, 1.82) is 0 Å². The average Bonchev–Trinajstić information content (AvgIpc) is 2.83. The molecule has 0 amide bonds. The lowest BCUT2D eigenvalue weighted by atomic mass is 10.4. The third-order valence-corrected chi connectivity index (χ3v) is 3.10. The molecule has 0 radical (unpaired) electrons. The summed E-state index contributed by atoms with van der Waals surface area (Å²) in [4.78, 5) is 15.0. The van der Waals surface area contributed by atoms with Gasteiger partial charge in [0.05, 0.1) is 0 Å². The van der Waals surface area contributed by atoms with E-state index >= 15 is 0 Å². The molecule has 0 unspecified atom stereocenters. The van der Waals surface area contributed by atoms with E-state index in [-0.39, 0.29) is 5.69 Å². The molecule has 6 nitrogen and oxygen atoms in total. The van der Waals surface area contributed by atoms with Crippen LogP contribution < -0.4 is 0 Å². The van der Waals surface area contributed by atoms with Gasteiger partial charge >= 0.3 is 5.97 Å². The molecule has 0 atom stereocenters. The van der Waals surface area contributed by atoms with Crippen LogP contribution in [0.25, 0.3) is 5.13 Å². The number of aromatic carboxylic acids is 1. The van der Waals surface area contributed by atoms with Crippen LogP contribution >= 0.6 is 11.5 Å². The minimum atomic E-state index is -1.04. The van der Waals surface area contributed by atoms with Crippen LogP contribution in [0, 0.1) is 0 Å². The Morgan fingerprint density at radius 2 is 2.38 bits per heavy atom. The van der Waals surface area contributed by atoms with Gasteiger partial charge in [0.1, 0.15) is 5.82 Å². The molecule has 82 valence electrons. The fourth-order valence-electron chi connectivity index (χ4n) is 1.37. The summed E-state index contributed by atoms with van der Waals surface area (Å²) in [5, 5.41) is 13.3. The molecule has 1 N–H and O–H groups in total. The van der Waals surface area contributed by atoms with E-state index in [1.165, 1.54) is 22.3 Å². The number of nitrogens with zero attached hydrogens (tertiary/aromatic N) is 4. The highest BCUT2D eigenvalue weighted by molar-refractivity contribution is 7.08. The standard InChI is InChI=1S/C9H8N4O2S/c14-8(15)6-3-4-13(11-6)9-10-7(12-16-9)5-1-2-5/h3-5H,1-2H2,(H,14,15). The first kappa shape index (κ1) is 9.46. The molecule has 0 aliphatic heterocycles. The molecule has 0 saturated heterocycles. The number of hydrogen-bond donors (Lipinski definition) is 1. The van der Waals surface area contributed by atoms with Gasteiger partial charge in [0, 0.05) is 23.6 Å². The maximum absolute atomic E-state index is 10.7. The maximum Gasteiger partial charge on any atom is 0.356 e. The van der Waals surface area contributed by atoms with Gasteiger partial charge in [-0.3, -0.25) is 0 Å². The highest BCUT2D eigenvalue weighted by Gasteiger charge is 2.28. The van der Waals surface area contributed by atoms with E-state index in [9.17, 15) is 4.79 Å². The summed E-state index contributed by atoms with van der Waals surface area (Å²) in [6.45, 7) is 0. The van der Waals surface area contributed by atoms with E-state index in [1.54, 1.807) is 6.20 Å². The van der Waals surface area contributed by atoms with Gasteiger partial charge in [-0.1, -0.05) is 0 Å². The van der Waals surface area contributed by atoms with Crippen molar-refractivity contribution in [2.45, 2.75) is 18.8 Å². The van der Waals surface area contributed by atoms with E-state index in [0.717, 1.165) is 18.7 Å². The van der Waals surface area contributed by atoms with Crippen molar-refractivity contribution in [2.75, 3.05) is 0 Å². The summed E-state index contributed by atoms with van der Waals surface area (Å²) in [5.74, 6) is 0.317. The van der Waals surface area contributed by atoms with E-state index in [0.29, 0.717) is 11.0 Å². The Morgan fingerprint density at radius 1 is 1.56 bits per heavy atom. The number of aromatic nitrogens is 4. The Hall–Kier alpha value is -1.76. The molecule has 2 aromatic rings. The fraction of sp³-hybridized carbons (Fsp3) is 0.333. The van der Waals surface area contributed by atoms with Crippen molar-refractivity contribution in [1.82, 2.24) is 19.1 Å². The Labute approximate surface area is 94.7 Å². The average molecular weight is 236 g/mol. The smallest absolute Gasteiger partial charge is 0.356 e. The number of carboxylic acid groups (broad SMARTS) is 1. The van der Waals surface area contributed by atoms with Gasteiger partial charge < -0.3 is 5.11 Å². The van der Waals surface area contributed by atoms with E-state index in [4.69, 9.17) is 5.11 Å². The van der Waals surface area contributed by atoms with Gasteiger partial charge in [-0.15, -0.1) is 0 Å². The second kappa shape index (κ2) is 3.38. The minimum absolute atomic E-state index is 0.0168. The summed E-state index contributed by atoms with van der Waals surface area (Å²) in [6, 6.07) is 1.44. The molecular weight excluding hydrogens is 228 g/mol. The fourth-order valence-corrected chi connectivity index (χ4v) is 2.06. The Balaban J connectivity index is 1.91. The Bertz CT molecular complexity index is 543. The van der Waals surface area contributed by atoms with E-state index in [2.05, 4.69) is 14.5 Å². The van der Waals surface area contributed by atoms with Crippen LogP contribution in [0.15, 0.2) is 12.3 Å². The van der Waals surface area contributed by atoms with Crippen LogP contribution in [0.4, 0.5) is 0 Å². The lowest BCUT2D eigenvalue weighted by Gasteiger charge is -1.91. The lowest BCUT2D eigenvalue weighted by Crippen LogP contribution is -2.00. The van der Waals surface area contributed by atoms with Crippen LogP contribution in [0.3, 0.4) is 0 Å². The molecule has 1 aliphatic rings. The number of carboxylic acids is 1. The summed E-state index contributed by atoms with van der Waals surface area (Å²) in [6.07, 6.45) is 3.88. The zero-order valence-electron chi connectivity index (χ0n) is 8.20. The predicted molar refractivity (Wildman–Crippen MR) is 56.0 cm³/mol. The third kappa shape index (κ3) is 1.58. The minimum Gasteiger partial charge on any atom is -0.476 e. The number of rotatable bonds is 3. The number of carbonyl (C=O) groups is 1. The van der Waals surface area contributed by atoms with Crippen LogP contribution in [-0.2, 0) is 0 Å². The molecule has 2 heterocycles. The van der Waals surface area contributed by atoms with Crippen molar-refractivity contribution in [2.24, 2.45) is 0 Å². The first-order valence-corrected chi connectivity index (χ1v) is 5.64. The molecular formula is C9H8N4O2S. The second-order valence-electron chi connectivity index (χ2n) is 3.66. The van der Waals surface area contributed by atoms with E-state index < -0.39 is 5.97 Å². The van der Waals surface area contributed by atoms with Gasteiger partial charge in [-0.2, -0.15) is 9.47 Å². The molecule has 1 fully saturated rings. The maximum atomic E-state index is 10.7. The molecule has 2 aromatic heterocycles. The van der Waals surface area contributed by atoms with Crippen molar-refractivity contribution >= 4 is 17.5 Å². The highest BCUT2D eigenvalue weighted by atomic mass is 32.1. The molecule has 16 heavy (non-hydrogen) atoms. The molecule has 0 aromatic carbocycles. The first-order chi connectivity index (χ1) is 7.74. The topological polar surface area (TPSA) is 80.9 Å². The SMILES string of the molecule is O=C(O)c1ccn(-c2nc(C3CC3)ns2)n1. The molecule has 0 spiro atoms. The van der Waals surface area contributed by atoms with Gasteiger partial charge in [0.25, 0.3) is 0 Å². The van der Waals surface area contributed by atoms with Gasteiger partial charge in [-0.25, -0.2) is 14.5 Å². The quantitative estimate of drug-likeness (QED) is 0.868. The summed E-state index contributed by atoms with van der Waals surface area (Å²) < 4.78 is 5.68. The monoisotopic (exact) mass is 236 g/mol. The molecule has 7 heteroatoms. The van der Waals surface area contributed by atoms with Crippen LogP contribution in [0.5, 0.6) is 0 Å². The normalized spacial score (nSPS) is 15.2. The largest absolute Gasteiger partial charge is 0.476 e. The van der Waals surface area contributed by atoms with Crippen molar-refractivity contribution in [3.05, 3.63) is 23.8 Å². The van der Waals surface area contributed by atoms with Gasteiger partial charge in [0.2, 0.25) is 5.13 Å². The van der Waals surface area contributed by atoms with Crippen molar-refractivity contribution in [3.8, 4) is 5.13 Å². The summed E-state index contributed by atoms with van der Waals surface area (Å²) in [7, 11) is 0. The van der Waals surface area contributed by atoms with Crippen LogP contribution in [0.2, 0.25) is 0 Å². The summed E-state index contributed by atoms with van der Waals surface area (Å²) >= 11 is 1.24. The zero-order chi connectivity index (χ0) is 11.1. The molecule has 1 saturated carbocycles. The van der Waals surface area contributed by atoms with Crippen molar-refractivity contribution in [3.63, 3.8) is 0 Å². The lowest BCUT2D eigenvalue weighted by molar-refractivity contribution is 0.0690. The summed E-state index contributed by atoms with van der Waals surface area (Å²) in [5.41, 5.74) is 0.0168. The van der Waals surface area contributed by atoms with Gasteiger partial charge in [-0.05, 0) is 18.9 Å².